The van der Waals surface area contributed by atoms with E-state index in [0.29, 0.717) is 19.3 Å². The molecule has 21 heavy (non-hydrogen) atoms. The summed E-state index contributed by atoms with van der Waals surface area (Å²) in [6.45, 7) is 1.52. The number of carbonyl (C=O) groups excluding carboxylic acids is 1. The van der Waals surface area contributed by atoms with E-state index < -0.39 is 17.7 Å². The van der Waals surface area contributed by atoms with Crippen LogP contribution in [0, 0.1) is 18.7 Å². The van der Waals surface area contributed by atoms with Crippen LogP contribution in [-0.2, 0) is 9.59 Å². The van der Waals surface area contributed by atoms with Crippen molar-refractivity contribution in [2.75, 3.05) is 6.61 Å². The predicted octanol–water partition coefficient (Wildman–Crippen LogP) is 1.88. The smallest absolute Gasteiger partial charge is 0.306 e. The molecule has 1 aliphatic carbocycles. The number of carboxylic acids is 1. The Kier molecular flexibility index (Phi) is 4.77. The van der Waals surface area contributed by atoms with Crippen LogP contribution in [0.15, 0.2) is 18.2 Å². The van der Waals surface area contributed by atoms with Gasteiger partial charge in [0.2, 0.25) is 0 Å². The molecule has 0 aromatic heterocycles. The molecule has 1 amide bonds. The summed E-state index contributed by atoms with van der Waals surface area (Å²) in [4.78, 5) is 22.6. The van der Waals surface area contributed by atoms with Crippen molar-refractivity contribution in [3.8, 4) is 5.75 Å². The Hall–Kier alpha value is -2.11. The number of ether oxygens (including phenoxy) is 1. The Balaban J connectivity index is 1.80. The molecule has 1 aromatic rings. The van der Waals surface area contributed by atoms with Gasteiger partial charge in [0.25, 0.3) is 5.91 Å². The quantitative estimate of drug-likeness (QED) is 0.869. The van der Waals surface area contributed by atoms with Gasteiger partial charge in [-0.15, -0.1) is 0 Å². The van der Waals surface area contributed by atoms with Crippen molar-refractivity contribution in [3.63, 3.8) is 0 Å². The average molecular weight is 295 g/mol. The van der Waals surface area contributed by atoms with E-state index in [1.165, 1.54) is 12.1 Å². The van der Waals surface area contributed by atoms with Gasteiger partial charge in [0, 0.05) is 6.04 Å². The molecule has 0 saturated heterocycles. The molecule has 0 unspecified atom stereocenters. The molecule has 2 N–H and O–H groups in total. The van der Waals surface area contributed by atoms with Crippen LogP contribution in [0.5, 0.6) is 5.75 Å². The molecule has 0 bridgehead atoms. The lowest BCUT2D eigenvalue weighted by Gasteiger charge is -2.13. The van der Waals surface area contributed by atoms with Crippen molar-refractivity contribution >= 4 is 11.9 Å². The minimum atomic E-state index is -0.829. The number of amides is 1. The second kappa shape index (κ2) is 6.56. The summed E-state index contributed by atoms with van der Waals surface area (Å²) in [7, 11) is 0. The largest absolute Gasteiger partial charge is 0.481 e. The van der Waals surface area contributed by atoms with Crippen molar-refractivity contribution < 1.29 is 23.8 Å². The van der Waals surface area contributed by atoms with Gasteiger partial charge >= 0.3 is 5.97 Å². The predicted molar refractivity (Wildman–Crippen MR) is 73.5 cm³/mol. The van der Waals surface area contributed by atoms with Crippen molar-refractivity contribution in [2.24, 2.45) is 5.92 Å². The highest BCUT2D eigenvalue weighted by Crippen LogP contribution is 2.25. The molecule has 1 aliphatic rings. The number of nitrogens with one attached hydrogen (secondary N) is 1. The van der Waals surface area contributed by atoms with E-state index in [-0.39, 0.29) is 24.3 Å². The van der Waals surface area contributed by atoms with Crippen LogP contribution in [-0.4, -0.2) is 29.6 Å². The van der Waals surface area contributed by atoms with Gasteiger partial charge in [-0.2, -0.15) is 0 Å². The van der Waals surface area contributed by atoms with Gasteiger partial charge in [-0.1, -0.05) is 6.07 Å². The Labute approximate surface area is 122 Å². The van der Waals surface area contributed by atoms with Crippen LogP contribution in [0.3, 0.4) is 0 Å². The third-order valence-electron chi connectivity index (χ3n) is 3.59. The lowest BCUT2D eigenvalue weighted by atomic mass is 10.1. The maximum atomic E-state index is 13.4. The third kappa shape index (κ3) is 4.18. The van der Waals surface area contributed by atoms with E-state index in [0.717, 1.165) is 5.56 Å². The van der Waals surface area contributed by atoms with Crippen LogP contribution in [0.1, 0.15) is 24.8 Å². The van der Waals surface area contributed by atoms with E-state index >= 15 is 0 Å². The Morgan fingerprint density at radius 3 is 2.86 bits per heavy atom. The summed E-state index contributed by atoms with van der Waals surface area (Å²) in [5, 5.41) is 11.6. The number of rotatable bonds is 5. The minimum absolute atomic E-state index is 0.0417. The number of benzene rings is 1. The number of halogens is 1. The normalized spacial score (nSPS) is 21.0. The van der Waals surface area contributed by atoms with Crippen LogP contribution in [0.25, 0.3) is 0 Å². The van der Waals surface area contributed by atoms with Gasteiger partial charge in [0.05, 0.1) is 5.92 Å². The van der Waals surface area contributed by atoms with E-state index in [2.05, 4.69) is 5.32 Å². The Bertz CT molecular complexity index is 546. The highest BCUT2D eigenvalue weighted by molar-refractivity contribution is 5.78. The molecule has 6 heteroatoms. The molecule has 1 saturated carbocycles. The maximum Gasteiger partial charge on any atom is 0.306 e. The molecule has 2 atom stereocenters. The molecule has 1 fully saturated rings. The Morgan fingerprint density at radius 1 is 1.43 bits per heavy atom. The number of carboxylic acid groups (broad SMARTS) is 1. The summed E-state index contributed by atoms with van der Waals surface area (Å²) < 4.78 is 18.6. The van der Waals surface area contributed by atoms with Crippen molar-refractivity contribution in [1.29, 1.82) is 0 Å². The standard InChI is InChI=1S/C15H18FNO4/c1-9-2-5-12(16)13(6-9)21-8-14(18)17-11-4-3-10(7-11)15(19)20/h2,5-6,10-11H,3-4,7-8H2,1H3,(H,17,18)(H,19,20)/t10-,11+/m1/s1. The van der Waals surface area contributed by atoms with Crippen LogP contribution in [0.4, 0.5) is 4.39 Å². The highest BCUT2D eigenvalue weighted by Gasteiger charge is 2.30. The molecule has 0 heterocycles. The van der Waals surface area contributed by atoms with Crippen molar-refractivity contribution in [3.05, 3.63) is 29.6 Å². The summed E-state index contributed by atoms with van der Waals surface area (Å²) in [6.07, 6.45) is 1.63. The lowest BCUT2D eigenvalue weighted by Crippen LogP contribution is -2.36. The number of hydrogen-bond acceptors (Lipinski definition) is 3. The molecule has 2 rings (SSSR count). The van der Waals surface area contributed by atoms with Gasteiger partial charge in [-0.25, -0.2) is 4.39 Å². The monoisotopic (exact) mass is 295 g/mol. The molecule has 114 valence electrons. The van der Waals surface area contributed by atoms with Gasteiger partial charge in [-0.05, 0) is 43.9 Å². The number of carbonyl (C=O) groups is 2. The first-order valence-corrected chi connectivity index (χ1v) is 6.87. The topological polar surface area (TPSA) is 75.6 Å². The van der Waals surface area contributed by atoms with Crippen LogP contribution < -0.4 is 10.1 Å². The average Bonchev–Trinajstić information content (AvgIpc) is 2.88. The SMILES string of the molecule is Cc1ccc(F)c(OCC(=O)N[C@H]2CC[C@@H](C(=O)O)C2)c1. The summed E-state index contributed by atoms with van der Waals surface area (Å²) in [5.74, 6) is -2.07. The minimum Gasteiger partial charge on any atom is -0.481 e. The second-order valence-electron chi connectivity index (χ2n) is 5.34. The second-order valence-corrected chi connectivity index (χ2v) is 5.34. The maximum absolute atomic E-state index is 13.4. The fourth-order valence-electron chi connectivity index (χ4n) is 2.47. The Morgan fingerprint density at radius 2 is 2.19 bits per heavy atom. The highest BCUT2D eigenvalue weighted by atomic mass is 19.1. The van der Waals surface area contributed by atoms with Gasteiger partial charge in [0.15, 0.2) is 18.2 Å². The fraction of sp³-hybridized carbons (Fsp3) is 0.467. The molecule has 1 aromatic carbocycles. The zero-order chi connectivity index (χ0) is 15.4. The van der Waals surface area contributed by atoms with E-state index in [1.54, 1.807) is 13.0 Å². The number of aliphatic carboxylic acids is 1. The van der Waals surface area contributed by atoms with Gasteiger partial charge in [-0.3, -0.25) is 9.59 Å². The fourth-order valence-corrected chi connectivity index (χ4v) is 2.47. The molecular weight excluding hydrogens is 277 g/mol. The molecule has 0 aliphatic heterocycles. The summed E-state index contributed by atoms with van der Waals surface area (Å²) >= 11 is 0. The van der Waals surface area contributed by atoms with Crippen LogP contribution in [0.2, 0.25) is 0 Å². The summed E-state index contributed by atoms with van der Waals surface area (Å²) in [5.41, 5.74) is 0.840. The lowest BCUT2D eigenvalue weighted by molar-refractivity contribution is -0.141. The summed E-state index contributed by atoms with van der Waals surface area (Å²) in [6, 6.07) is 4.28. The first-order valence-electron chi connectivity index (χ1n) is 6.87. The third-order valence-corrected chi connectivity index (χ3v) is 3.59. The van der Waals surface area contributed by atoms with Crippen molar-refractivity contribution in [2.45, 2.75) is 32.2 Å². The molecule has 5 nitrogen and oxygen atoms in total. The van der Waals surface area contributed by atoms with Crippen LogP contribution >= 0.6 is 0 Å². The van der Waals surface area contributed by atoms with E-state index in [1.807, 2.05) is 0 Å². The zero-order valence-corrected chi connectivity index (χ0v) is 11.8. The number of hydrogen-bond donors (Lipinski definition) is 2. The molecule has 0 radical (unpaired) electrons. The number of aryl methyl sites for hydroxylation is 1. The molecule has 0 spiro atoms. The first kappa shape index (κ1) is 15.3. The van der Waals surface area contributed by atoms with Gasteiger partial charge in [0.1, 0.15) is 0 Å². The molecular formula is C15H18FNO4. The zero-order valence-electron chi connectivity index (χ0n) is 11.8. The van der Waals surface area contributed by atoms with E-state index in [9.17, 15) is 14.0 Å². The van der Waals surface area contributed by atoms with Crippen molar-refractivity contribution in [1.82, 2.24) is 5.32 Å². The first-order chi connectivity index (χ1) is 9.95. The van der Waals surface area contributed by atoms with Gasteiger partial charge < -0.3 is 15.2 Å². The van der Waals surface area contributed by atoms with E-state index in [4.69, 9.17) is 9.84 Å².